The van der Waals surface area contributed by atoms with Gasteiger partial charge in [0.2, 0.25) is 0 Å². The Bertz CT molecular complexity index is 626. The molecule has 0 bridgehead atoms. The van der Waals surface area contributed by atoms with E-state index in [-0.39, 0.29) is 17.7 Å². The van der Waals surface area contributed by atoms with Crippen molar-refractivity contribution in [3.05, 3.63) is 65.5 Å². The van der Waals surface area contributed by atoms with E-state index in [2.05, 4.69) is 0 Å². The minimum atomic E-state index is -1.18. The highest BCUT2D eigenvalue weighted by Crippen LogP contribution is 2.22. The van der Waals surface area contributed by atoms with Gasteiger partial charge in [-0.05, 0) is 26.0 Å². The maximum Gasteiger partial charge on any atom is 0.127 e. The van der Waals surface area contributed by atoms with Crippen molar-refractivity contribution in [2.24, 2.45) is 0 Å². The lowest BCUT2D eigenvalue weighted by molar-refractivity contribution is 0.240. The van der Waals surface area contributed by atoms with Gasteiger partial charge in [0, 0.05) is 21.9 Å². The molecular formula is C17H19FO2S. The first-order valence-corrected chi connectivity index (χ1v) is 8.38. The number of hydrogen-bond donors (Lipinski definition) is 0. The van der Waals surface area contributed by atoms with Crippen LogP contribution in [-0.4, -0.2) is 10.3 Å². The number of halogens is 1. The third-order valence-electron chi connectivity index (χ3n) is 2.93. The molecule has 1 unspecified atom stereocenters. The second kappa shape index (κ2) is 7.36. The summed E-state index contributed by atoms with van der Waals surface area (Å²) in [5, 5.41) is 0. The monoisotopic (exact) mass is 306 g/mol. The summed E-state index contributed by atoms with van der Waals surface area (Å²) >= 11 is 0. The highest BCUT2D eigenvalue weighted by Gasteiger charge is 2.11. The number of ether oxygens (including phenoxy) is 1. The lowest BCUT2D eigenvalue weighted by Crippen LogP contribution is -2.09. The molecule has 1 atom stereocenters. The third kappa shape index (κ3) is 4.67. The molecule has 21 heavy (non-hydrogen) atoms. The molecular weight excluding hydrogens is 287 g/mol. The van der Waals surface area contributed by atoms with Gasteiger partial charge in [0.15, 0.2) is 0 Å². The van der Waals surface area contributed by atoms with Gasteiger partial charge in [-0.25, -0.2) is 4.39 Å². The fourth-order valence-electron chi connectivity index (χ4n) is 2.01. The normalized spacial score (nSPS) is 12.4. The van der Waals surface area contributed by atoms with Gasteiger partial charge >= 0.3 is 0 Å². The summed E-state index contributed by atoms with van der Waals surface area (Å²) in [7, 11) is -1.18. The van der Waals surface area contributed by atoms with E-state index >= 15 is 0 Å². The standard InChI is InChI=1S/C17H19FO2S/c1-13(2)20-17-10-6-4-8-15(17)12-21(19)11-14-7-3-5-9-16(14)18/h3-10,13H,11-12H2,1-2H3. The maximum absolute atomic E-state index is 13.6. The summed E-state index contributed by atoms with van der Waals surface area (Å²) in [5.74, 6) is 1.01. The fraction of sp³-hybridized carbons (Fsp3) is 0.294. The zero-order chi connectivity index (χ0) is 15.2. The second-order valence-corrected chi connectivity index (χ2v) is 6.55. The molecule has 0 amide bonds. The molecule has 0 fully saturated rings. The minimum absolute atomic E-state index is 0.0613. The highest BCUT2D eigenvalue weighted by atomic mass is 32.2. The van der Waals surface area contributed by atoms with Crippen LogP contribution in [0.5, 0.6) is 5.75 Å². The minimum Gasteiger partial charge on any atom is -0.491 e. The number of para-hydroxylation sites is 1. The molecule has 0 saturated heterocycles. The van der Waals surface area contributed by atoms with E-state index in [1.165, 1.54) is 6.07 Å². The van der Waals surface area contributed by atoms with Crippen molar-refractivity contribution in [2.45, 2.75) is 31.5 Å². The first-order valence-electron chi connectivity index (χ1n) is 6.89. The van der Waals surface area contributed by atoms with Gasteiger partial charge in [0.1, 0.15) is 11.6 Å². The molecule has 0 aliphatic heterocycles. The first-order chi connectivity index (χ1) is 10.1. The zero-order valence-electron chi connectivity index (χ0n) is 12.2. The van der Waals surface area contributed by atoms with E-state index < -0.39 is 10.8 Å². The van der Waals surface area contributed by atoms with Gasteiger partial charge in [-0.2, -0.15) is 0 Å². The van der Waals surface area contributed by atoms with E-state index in [0.29, 0.717) is 11.3 Å². The molecule has 0 aromatic heterocycles. The predicted molar refractivity (Wildman–Crippen MR) is 84.2 cm³/mol. The molecule has 0 N–H and O–H groups in total. The molecule has 4 heteroatoms. The molecule has 0 radical (unpaired) electrons. The Morgan fingerprint density at radius 3 is 2.24 bits per heavy atom. The Hall–Kier alpha value is -1.68. The molecule has 2 rings (SSSR count). The first kappa shape index (κ1) is 15.7. The van der Waals surface area contributed by atoms with Crippen LogP contribution in [0.1, 0.15) is 25.0 Å². The van der Waals surface area contributed by atoms with Crippen LogP contribution >= 0.6 is 0 Å². The zero-order valence-corrected chi connectivity index (χ0v) is 13.0. The Balaban J connectivity index is 2.08. The average Bonchev–Trinajstić information content (AvgIpc) is 2.43. The lowest BCUT2D eigenvalue weighted by atomic mass is 10.2. The third-order valence-corrected chi connectivity index (χ3v) is 4.19. The van der Waals surface area contributed by atoms with Crippen molar-refractivity contribution in [1.82, 2.24) is 0 Å². The van der Waals surface area contributed by atoms with Crippen LogP contribution in [0.25, 0.3) is 0 Å². The van der Waals surface area contributed by atoms with Crippen molar-refractivity contribution in [3.63, 3.8) is 0 Å². The van der Waals surface area contributed by atoms with E-state index in [1.807, 2.05) is 38.1 Å². The van der Waals surface area contributed by atoms with Crippen molar-refractivity contribution in [3.8, 4) is 5.75 Å². The number of benzene rings is 2. The summed E-state index contributed by atoms with van der Waals surface area (Å²) < 4.78 is 31.6. The molecule has 2 nitrogen and oxygen atoms in total. The molecule has 2 aromatic rings. The SMILES string of the molecule is CC(C)Oc1ccccc1CS(=O)Cc1ccccc1F. The maximum atomic E-state index is 13.6. The number of rotatable bonds is 6. The van der Waals surface area contributed by atoms with E-state index in [1.54, 1.807) is 18.2 Å². The van der Waals surface area contributed by atoms with Crippen LogP contribution in [0.2, 0.25) is 0 Å². The van der Waals surface area contributed by atoms with E-state index in [9.17, 15) is 8.60 Å². The van der Waals surface area contributed by atoms with E-state index in [0.717, 1.165) is 11.3 Å². The molecule has 0 aliphatic carbocycles. The largest absolute Gasteiger partial charge is 0.491 e. The van der Waals surface area contributed by atoms with E-state index in [4.69, 9.17) is 4.74 Å². The summed E-state index contributed by atoms with van der Waals surface area (Å²) in [6.07, 6.45) is 0.0613. The van der Waals surface area contributed by atoms with Crippen LogP contribution in [0.15, 0.2) is 48.5 Å². The number of hydrogen-bond acceptors (Lipinski definition) is 2. The van der Waals surface area contributed by atoms with Crippen molar-refractivity contribution in [2.75, 3.05) is 0 Å². The Kier molecular flexibility index (Phi) is 5.51. The average molecular weight is 306 g/mol. The molecule has 0 heterocycles. The lowest BCUT2D eigenvalue weighted by Gasteiger charge is -2.14. The summed E-state index contributed by atoms with van der Waals surface area (Å²) in [6, 6.07) is 14.0. The van der Waals surface area contributed by atoms with Crippen molar-refractivity contribution >= 4 is 10.8 Å². The fourth-order valence-corrected chi connectivity index (χ4v) is 3.27. The van der Waals surface area contributed by atoms with Crippen LogP contribution in [0.3, 0.4) is 0 Å². The molecule has 112 valence electrons. The Labute approximate surface area is 127 Å². The van der Waals surface area contributed by atoms with Crippen LogP contribution in [-0.2, 0) is 22.3 Å². The van der Waals surface area contributed by atoms with Crippen molar-refractivity contribution in [1.29, 1.82) is 0 Å². The van der Waals surface area contributed by atoms with Gasteiger partial charge in [0.05, 0.1) is 17.6 Å². The Morgan fingerprint density at radius 2 is 1.57 bits per heavy atom. The van der Waals surface area contributed by atoms with Gasteiger partial charge in [-0.1, -0.05) is 36.4 Å². The smallest absolute Gasteiger partial charge is 0.127 e. The topological polar surface area (TPSA) is 26.3 Å². The second-order valence-electron chi connectivity index (χ2n) is 5.09. The van der Waals surface area contributed by atoms with Crippen LogP contribution < -0.4 is 4.74 Å². The van der Waals surface area contributed by atoms with Crippen LogP contribution in [0, 0.1) is 5.82 Å². The molecule has 2 aromatic carbocycles. The quantitative estimate of drug-likeness (QED) is 0.804. The highest BCUT2D eigenvalue weighted by molar-refractivity contribution is 7.83. The summed E-state index contributed by atoms with van der Waals surface area (Å²) in [6.45, 7) is 3.90. The van der Waals surface area contributed by atoms with Gasteiger partial charge in [0.25, 0.3) is 0 Å². The van der Waals surface area contributed by atoms with Gasteiger partial charge < -0.3 is 4.74 Å². The summed E-state index contributed by atoms with van der Waals surface area (Å²) in [5.41, 5.74) is 1.37. The molecule has 0 saturated carbocycles. The van der Waals surface area contributed by atoms with Crippen molar-refractivity contribution < 1.29 is 13.3 Å². The predicted octanol–water partition coefficient (Wildman–Crippen LogP) is 4.06. The van der Waals surface area contributed by atoms with Gasteiger partial charge in [-0.15, -0.1) is 0 Å². The Morgan fingerprint density at radius 1 is 1.00 bits per heavy atom. The summed E-state index contributed by atoms with van der Waals surface area (Å²) in [4.78, 5) is 0. The van der Waals surface area contributed by atoms with Gasteiger partial charge in [-0.3, -0.25) is 4.21 Å². The van der Waals surface area contributed by atoms with Crippen LogP contribution in [0.4, 0.5) is 4.39 Å². The molecule has 0 spiro atoms. The molecule has 0 aliphatic rings.